The molecule has 3 N–H and O–H groups in total. The highest BCUT2D eigenvalue weighted by atomic mass is 19.1. The van der Waals surface area contributed by atoms with Crippen molar-refractivity contribution < 1.29 is 9.60 Å². The van der Waals surface area contributed by atoms with Crippen LogP contribution in [0.1, 0.15) is 36.8 Å². The van der Waals surface area contributed by atoms with E-state index in [0.29, 0.717) is 12.1 Å². The number of nitrogens with two attached hydrogens (primary N) is 1. The van der Waals surface area contributed by atoms with E-state index < -0.39 is 0 Å². The molecule has 5 heteroatoms. The highest BCUT2D eigenvalue weighted by Gasteiger charge is 2.14. The molecule has 1 heterocycles. The van der Waals surface area contributed by atoms with E-state index in [1.165, 1.54) is 37.8 Å². The number of benzene rings is 1. The molecule has 0 aromatic heterocycles. The summed E-state index contributed by atoms with van der Waals surface area (Å²) >= 11 is 0. The zero-order valence-electron chi connectivity index (χ0n) is 11.0. The molecule has 1 aromatic carbocycles. The van der Waals surface area contributed by atoms with Crippen LogP contribution in [0.3, 0.4) is 0 Å². The third-order valence-electron chi connectivity index (χ3n) is 3.55. The number of likely N-dealkylation sites (tertiary alicyclic amines) is 1. The Bertz CT molecular complexity index is 454. The standard InChI is InChI=1S/C14H20FN3O/c15-12-6-5-11(13(9-12)14(16)17-19)10-18-7-3-1-2-4-8-18/h5-6,9,19H,1-4,7-8,10H2,(H2,16,17). The Labute approximate surface area is 112 Å². The molecule has 0 atom stereocenters. The quantitative estimate of drug-likeness (QED) is 0.381. The molecule has 1 aliphatic heterocycles. The minimum absolute atomic E-state index is 0.0377. The van der Waals surface area contributed by atoms with E-state index in [4.69, 9.17) is 10.9 Å². The van der Waals surface area contributed by atoms with Gasteiger partial charge in [-0.3, -0.25) is 4.90 Å². The zero-order valence-corrected chi connectivity index (χ0v) is 11.0. The van der Waals surface area contributed by atoms with Crippen LogP contribution in [-0.4, -0.2) is 29.0 Å². The number of oxime groups is 1. The SMILES string of the molecule is NC(=NO)c1cc(F)ccc1CN1CCCCCC1. The van der Waals surface area contributed by atoms with Gasteiger partial charge in [0.15, 0.2) is 5.84 Å². The largest absolute Gasteiger partial charge is 0.409 e. The molecule has 1 aliphatic rings. The second kappa shape index (κ2) is 6.52. The summed E-state index contributed by atoms with van der Waals surface area (Å²) in [6.45, 7) is 2.81. The average Bonchev–Trinajstić information content (AvgIpc) is 2.68. The first kappa shape index (κ1) is 13.8. The molecule has 1 aromatic rings. The van der Waals surface area contributed by atoms with Crippen molar-refractivity contribution in [2.75, 3.05) is 13.1 Å². The molecule has 0 saturated carbocycles. The van der Waals surface area contributed by atoms with Crippen LogP contribution in [0.4, 0.5) is 4.39 Å². The molecular weight excluding hydrogens is 245 g/mol. The fourth-order valence-corrected chi connectivity index (χ4v) is 2.51. The Morgan fingerprint density at radius 2 is 1.95 bits per heavy atom. The van der Waals surface area contributed by atoms with E-state index in [1.807, 2.05) is 0 Å². The molecule has 0 spiro atoms. The molecule has 0 aliphatic carbocycles. The van der Waals surface area contributed by atoms with Crippen LogP contribution in [-0.2, 0) is 6.54 Å². The predicted octanol–water partition coefficient (Wildman–Crippen LogP) is 2.30. The molecular formula is C14H20FN3O. The van der Waals surface area contributed by atoms with E-state index in [1.54, 1.807) is 6.07 Å². The van der Waals surface area contributed by atoms with E-state index in [-0.39, 0.29) is 11.7 Å². The Hall–Kier alpha value is -1.62. The number of nitrogens with zero attached hydrogens (tertiary/aromatic N) is 2. The number of hydrogen-bond acceptors (Lipinski definition) is 3. The van der Waals surface area contributed by atoms with Crippen LogP contribution in [0.2, 0.25) is 0 Å². The van der Waals surface area contributed by atoms with Crippen LogP contribution in [0, 0.1) is 5.82 Å². The molecule has 0 unspecified atom stereocenters. The first-order valence-corrected chi connectivity index (χ1v) is 6.69. The summed E-state index contributed by atoms with van der Waals surface area (Å²) in [5, 5.41) is 11.8. The van der Waals surface area contributed by atoms with Crippen LogP contribution in [0.15, 0.2) is 23.4 Å². The van der Waals surface area contributed by atoms with Crippen molar-refractivity contribution in [3.05, 3.63) is 35.1 Å². The van der Waals surface area contributed by atoms with E-state index in [9.17, 15) is 4.39 Å². The van der Waals surface area contributed by atoms with Crippen LogP contribution >= 0.6 is 0 Å². The summed E-state index contributed by atoms with van der Waals surface area (Å²) < 4.78 is 13.3. The summed E-state index contributed by atoms with van der Waals surface area (Å²) in [7, 11) is 0. The summed E-state index contributed by atoms with van der Waals surface area (Å²) in [5.41, 5.74) is 6.99. The monoisotopic (exact) mass is 265 g/mol. The molecule has 1 fully saturated rings. The van der Waals surface area contributed by atoms with Gasteiger partial charge in [-0.1, -0.05) is 24.1 Å². The maximum Gasteiger partial charge on any atom is 0.170 e. The third kappa shape index (κ3) is 3.67. The van der Waals surface area contributed by atoms with Crippen LogP contribution < -0.4 is 5.73 Å². The minimum atomic E-state index is -0.374. The number of amidine groups is 1. The fraction of sp³-hybridized carbons (Fsp3) is 0.500. The van der Waals surface area contributed by atoms with Gasteiger partial charge in [0.1, 0.15) is 5.82 Å². The molecule has 104 valence electrons. The molecule has 0 amide bonds. The lowest BCUT2D eigenvalue weighted by molar-refractivity contribution is 0.276. The topological polar surface area (TPSA) is 61.9 Å². The Balaban J connectivity index is 2.18. The summed E-state index contributed by atoms with van der Waals surface area (Å²) in [6, 6.07) is 4.46. The van der Waals surface area contributed by atoms with Gasteiger partial charge in [-0.2, -0.15) is 0 Å². The fourth-order valence-electron chi connectivity index (χ4n) is 2.51. The number of halogens is 1. The van der Waals surface area contributed by atoms with Gasteiger partial charge < -0.3 is 10.9 Å². The van der Waals surface area contributed by atoms with Crippen molar-refractivity contribution in [2.24, 2.45) is 10.9 Å². The highest BCUT2D eigenvalue weighted by molar-refractivity contribution is 5.98. The Morgan fingerprint density at radius 3 is 2.58 bits per heavy atom. The number of rotatable bonds is 3. The van der Waals surface area contributed by atoms with Gasteiger partial charge in [-0.05, 0) is 43.6 Å². The lowest BCUT2D eigenvalue weighted by Crippen LogP contribution is -2.26. The van der Waals surface area contributed by atoms with Gasteiger partial charge in [-0.25, -0.2) is 4.39 Å². The molecule has 19 heavy (non-hydrogen) atoms. The minimum Gasteiger partial charge on any atom is -0.409 e. The molecule has 0 bridgehead atoms. The van der Waals surface area contributed by atoms with Gasteiger partial charge in [-0.15, -0.1) is 0 Å². The predicted molar refractivity (Wildman–Crippen MR) is 72.7 cm³/mol. The number of hydrogen-bond donors (Lipinski definition) is 2. The normalized spacial score (nSPS) is 18.3. The molecule has 0 radical (unpaired) electrons. The van der Waals surface area contributed by atoms with Crippen molar-refractivity contribution >= 4 is 5.84 Å². The highest BCUT2D eigenvalue weighted by Crippen LogP contribution is 2.17. The van der Waals surface area contributed by atoms with Crippen molar-refractivity contribution in [1.29, 1.82) is 0 Å². The van der Waals surface area contributed by atoms with Crippen LogP contribution in [0.25, 0.3) is 0 Å². The Kier molecular flexibility index (Phi) is 4.74. The summed E-state index contributed by atoms with van der Waals surface area (Å²) in [5.74, 6) is -0.412. The first-order valence-electron chi connectivity index (χ1n) is 6.69. The molecule has 1 saturated heterocycles. The van der Waals surface area contributed by atoms with Gasteiger partial charge >= 0.3 is 0 Å². The average molecular weight is 265 g/mol. The first-order chi connectivity index (χ1) is 9.20. The maximum atomic E-state index is 13.3. The second-order valence-corrected chi connectivity index (χ2v) is 4.98. The van der Waals surface area contributed by atoms with Gasteiger partial charge in [0.2, 0.25) is 0 Å². The molecule has 2 rings (SSSR count). The third-order valence-corrected chi connectivity index (χ3v) is 3.55. The summed E-state index contributed by atoms with van der Waals surface area (Å²) in [6.07, 6.45) is 4.93. The van der Waals surface area contributed by atoms with Crippen LogP contribution in [0.5, 0.6) is 0 Å². The maximum absolute atomic E-state index is 13.3. The van der Waals surface area contributed by atoms with Gasteiger partial charge in [0.05, 0.1) is 0 Å². The lowest BCUT2D eigenvalue weighted by Gasteiger charge is -2.21. The van der Waals surface area contributed by atoms with E-state index in [2.05, 4.69) is 10.1 Å². The smallest absolute Gasteiger partial charge is 0.170 e. The van der Waals surface area contributed by atoms with Gasteiger partial charge in [0.25, 0.3) is 0 Å². The van der Waals surface area contributed by atoms with Crippen molar-refractivity contribution in [2.45, 2.75) is 32.2 Å². The Morgan fingerprint density at radius 1 is 1.26 bits per heavy atom. The molecule has 4 nitrogen and oxygen atoms in total. The van der Waals surface area contributed by atoms with Crippen molar-refractivity contribution in [3.8, 4) is 0 Å². The van der Waals surface area contributed by atoms with E-state index >= 15 is 0 Å². The summed E-state index contributed by atoms with van der Waals surface area (Å²) in [4.78, 5) is 2.34. The second-order valence-electron chi connectivity index (χ2n) is 4.98. The van der Waals surface area contributed by atoms with Crippen molar-refractivity contribution in [1.82, 2.24) is 4.90 Å². The zero-order chi connectivity index (χ0) is 13.7. The van der Waals surface area contributed by atoms with Gasteiger partial charge in [0, 0.05) is 12.1 Å². The van der Waals surface area contributed by atoms with Crippen molar-refractivity contribution in [3.63, 3.8) is 0 Å². The lowest BCUT2D eigenvalue weighted by atomic mass is 10.1. The van der Waals surface area contributed by atoms with E-state index in [0.717, 1.165) is 18.7 Å².